The summed E-state index contributed by atoms with van der Waals surface area (Å²) < 4.78 is 5.64. The zero-order chi connectivity index (χ0) is 12.1. The quantitative estimate of drug-likeness (QED) is 0.774. The van der Waals surface area contributed by atoms with Crippen LogP contribution >= 0.6 is 0 Å². The van der Waals surface area contributed by atoms with Crippen molar-refractivity contribution in [3.05, 3.63) is 42.0 Å². The lowest BCUT2D eigenvalue weighted by Crippen LogP contribution is -2.05. The summed E-state index contributed by atoms with van der Waals surface area (Å²) in [6.07, 6.45) is 0.636. The summed E-state index contributed by atoms with van der Waals surface area (Å²) >= 11 is 0. The summed E-state index contributed by atoms with van der Waals surface area (Å²) in [5.74, 6) is 0.819. The van der Waals surface area contributed by atoms with E-state index < -0.39 is 0 Å². The van der Waals surface area contributed by atoms with Gasteiger partial charge in [-0.15, -0.1) is 0 Å². The number of fused-ring (bicyclic) bond motifs is 1. The van der Waals surface area contributed by atoms with Gasteiger partial charge in [-0.3, -0.25) is 0 Å². The summed E-state index contributed by atoms with van der Waals surface area (Å²) in [6.45, 7) is 1.11. The van der Waals surface area contributed by atoms with E-state index in [2.05, 4.69) is 12.1 Å². The number of hydrogen-bond donors (Lipinski definition) is 2. The summed E-state index contributed by atoms with van der Waals surface area (Å²) in [5, 5.41) is 11.0. The van der Waals surface area contributed by atoms with Gasteiger partial charge in [0.1, 0.15) is 5.75 Å². The number of benzene rings is 2. The topological polar surface area (TPSA) is 55.5 Å². The molecule has 17 heavy (non-hydrogen) atoms. The predicted molar refractivity (Wildman–Crippen MR) is 69.0 cm³/mol. The van der Waals surface area contributed by atoms with E-state index in [9.17, 15) is 0 Å². The van der Waals surface area contributed by atoms with Crippen molar-refractivity contribution in [2.24, 2.45) is 5.73 Å². The van der Waals surface area contributed by atoms with E-state index in [1.807, 2.05) is 24.3 Å². The molecule has 0 aliphatic rings. The van der Waals surface area contributed by atoms with Gasteiger partial charge in [0.2, 0.25) is 0 Å². The molecule has 0 saturated heterocycles. The Balaban J connectivity index is 2.35. The smallest absolute Gasteiger partial charge is 0.124 e. The molecule has 2 aromatic rings. The van der Waals surface area contributed by atoms with Crippen LogP contribution in [0.25, 0.3) is 10.8 Å². The Kier molecular flexibility index (Phi) is 3.96. The molecule has 0 unspecified atom stereocenters. The first-order valence-electron chi connectivity index (χ1n) is 5.81. The van der Waals surface area contributed by atoms with Gasteiger partial charge >= 0.3 is 0 Å². The second kappa shape index (κ2) is 5.66. The molecule has 0 aromatic heterocycles. The standard InChI is InChI=1S/C14H17NO2/c15-10-13-12-5-2-1-4-11(12)6-7-14(13)17-9-3-8-16/h1-2,4-7,16H,3,8-10,15H2. The van der Waals surface area contributed by atoms with Gasteiger partial charge in [0.25, 0.3) is 0 Å². The average Bonchev–Trinajstić information content (AvgIpc) is 2.38. The molecule has 3 heteroatoms. The third-order valence-electron chi connectivity index (χ3n) is 2.76. The number of aliphatic hydroxyl groups is 1. The largest absolute Gasteiger partial charge is 0.493 e. The molecule has 0 heterocycles. The van der Waals surface area contributed by atoms with Crippen LogP contribution in [-0.4, -0.2) is 18.3 Å². The third kappa shape index (κ3) is 2.57. The molecule has 0 saturated carbocycles. The highest BCUT2D eigenvalue weighted by atomic mass is 16.5. The van der Waals surface area contributed by atoms with Crippen LogP contribution in [0.2, 0.25) is 0 Å². The third-order valence-corrected chi connectivity index (χ3v) is 2.76. The number of hydrogen-bond acceptors (Lipinski definition) is 3. The van der Waals surface area contributed by atoms with Crippen LogP contribution in [0.15, 0.2) is 36.4 Å². The van der Waals surface area contributed by atoms with Crippen molar-refractivity contribution < 1.29 is 9.84 Å². The van der Waals surface area contributed by atoms with Crippen molar-refractivity contribution in [3.63, 3.8) is 0 Å². The second-order valence-corrected chi connectivity index (χ2v) is 3.89. The predicted octanol–water partition coefficient (Wildman–Crippen LogP) is 2.06. The fraction of sp³-hybridized carbons (Fsp3) is 0.286. The van der Waals surface area contributed by atoms with Gasteiger partial charge in [0.15, 0.2) is 0 Å². The van der Waals surface area contributed by atoms with Crippen LogP contribution < -0.4 is 10.5 Å². The molecule has 0 fully saturated rings. The normalized spacial score (nSPS) is 10.7. The van der Waals surface area contributed by atoms with Gasteiger partial charge < -0.3 is 15.6 Å². The van der Waals surface area contributed by atoms with Crippen LogP contribution in [0.1, 0.15) is 12.0 Å². The Bertz CT molecular complexity index is 497. The van der Waals surface area contributed by atoms with Crippen molar-refractivity contribution in [2.45, 2.75) is 13.0 Å². The minimum Gasteiger partial charge on any atom is -0.493 e. The van der Waals surface area contributed by atoms with E-state index >= 15 is 0 Å². The minimum atomic E-state index is 0.144. The van der Waals surface area contributed by atoms with Gasteiger partial charge in [-0.25, -0.2) is 0 Å². The van der Waals surface area contributed by atoms with E-state index in [0.29, 0.717) is 19.6 Å². The second-order valence-electron chi connectivity index (χ2n) is 3.89. The van der Waals surface area contributed by atoms with Crippen LogP contribution in [0.5, 0.6) is 5.75 Å². The summed E-state index contributed by atoms with van der Waals surface area (Å²) in [5.41, 5.74) is 6.82. The Morgan fingerprint density at radius 3 is 2.71 bits per heavy atom. The highest BCUT2D eigenvalue weighted by Gasteiger charge is 2.06. The van der Waals surface area contributed by atoms with Crippen molar-refractivity contribution in [1.82, 2.24) is 0 Å². The van der Waals surface area contributed by atoms with Gasteiger partial charge in [0, 0.05) is 25.1 Å². The van der Waals surface area contributed by atoms with Crippen LogP contribution in [-0.2, 0) is 6.54 Å². The van der Waals surface area contributed by atoms with Crippen LogP contribution in [0, 0.1) is 0 Å². The van der Waals surface area contributed by atoms with Crippen molar-refractivity contribution in [1.29, 1.82) is 0 Å². The summed E-state index contributed by atoms with van der Waals surface area (Å²) in [6, 6.07) is 12.1. The lowest BCUT2D eigenvalue weighted by atomic mass is 10.0. The number of nitrogens with two attached hydrogens (primary N) is 1. The Hall–Kier alpha value is -1.58. The van der Waals surface area contributed by atoms with Crippen molar-refractivity contribution in [3.8, 4) is 5.75 Å². The molecule has 90 valence electrons. The van der Waals surface area contributed by atoms with Crippen LogP contribution in [0.4, 0.5) is 0 Å². The molecule has 3 nitrogen and oxygen atoms in total. The van der Waals surface area contributed by atoms with E-state index in [-0.39, 0.29) is 6.61 Å². The Morgan fingerprint density at radius 1 is 1.12 bits per heavy atom. The van der Waals surface area contributed by atoms with Crippen molar-refractivity contribution >= 4 is 10.8 Å². The molecule has 0 spiro atoms. The molecular weight excluding hydrogens is 214 g/mol. The molecule has 0 aliphatic heterocycles. The van der Waals surface area contributed by atoms with Gasteiger partial charge in [-0.1, -0.05) is 30.3 Å². The van der Waals surface area contributed by atoms with E-state index in [4.69, 9.17) is 15.6 Å². The Labute approximate surface area is 101 Å². The first-order chi connectivity index (χ1) is 8.36. The molecule has 2 rings (SSSR count). The SMILES string of the molecule is NCc1c(OCCCO)ccc2ccccc12. The average molecular weight is 231 g/mol. The summed E-state index contributed by atoms with van der Waals surface area (Å²) in [7, 11) is 0. The summed E-state index contributed by atoms with van der Waals surface area (Å²) in [4.78, 5) is 0. The van der Waals surface area contributed by atoms with Gasteiger partial charge in [0.05, 0.1) is 6.61 Å². The van der Waals surface area contributed by atoms with Gasteiger partial charge in [-0.05, 0) is 16.8 Å². The number of aliphatic hydroxyl groups excluding tert-OH is 1. The monoisotopic (exact) mass is 231 g/mol. The highest BCUT2D eigenvalue weighted by Crippen LogP contribution is 2.27. The number of ether oxygens (including phenoxy) is 1. The molecule has 0 amide bonds. The molecule has 0 aliphatic carbocycles. The Morgan fingerprint density at radius 2 is 1.94 bits per heavy atom. The van der Waals surface area contributed by atoms with Gasteiger partial charge in [-0.2, -0.15) is 0 Å². The van der Waals surface area contributed by atoms with E-state index in [0.717, 1.165) is 16.7 Å². The van der Waals surface area contributed by atoms with Crippen LogP contribution in [0.3, 0.4) is 0 Å². The molecule has 0 radical (unpaired) electrons. The zero-order valence-electron chi connectivity index (χ0n) is 9.73. The maximum Gasteiger partial charge on any atom is 0.124 e. The first-order valence-corrected chi connectivity index (χ1v) is 5.81. The zero-order valence-corrected chi connectivity index (χ0v) is 9.73. The molecule has 2 aromatic carbocycles. The first kappa shape index (κ1) is 11.9. The fourth-order valence-electron chi connectivity index (χ4n) is 1.91. The lowest BCUT2D eigenvalue weighted by Gasteiger charge is -2.12. The molecule has 3 N–H and O–H groups in total. The molecule has 0 atom stereocenters. The number of rotatable bonds is 5. The maximum atomic E-state index is 8.74. The minimum absolute atomic E-state index is 0.144. The van der Waals surface area contributed by atoms with Crippen molar-refractivity contribution in [2.75, 3.05) is 13.2 Å². The maximum absolute atomic E-state index is 8.74. The highest BCUT2D eigenvalue weighted by molar-refractivity contribution is 5.87. The van der Waals surface area contributed by atoms with E-state index in [1.165, 1.54) is 5.39 Å². The fourth-order valence-corrected chi connectivity index (χ4v) is 1.91. The van der Waals surface area contributed by atoms with E-state index in [1.54, 1.807) is 0 Å². The lowest BCUT2D eigenvalue weighted by molar-refractivity contribution is 0.233. The molecular formula is C14H17NO2. The molecule has 0 bridgehead atoms.